The van der Waals surface area contributed by atoms with Crippen molar-refractivity contribution in [1.29, 1.82) is 0 Å². The summed E-state index contributed by atoms with van der Waals surface area (Å²) in [5.41, 5.74) is -1.29. The molecule has 2 aromatic rings. The zero-order valence-electron chi connectivity index (χ0n) is 18.1. The average Bonchev–Trinajstić information content (AvgIpc) is 3.32. The third-order valence-electron chi connectivity index (χ3n) is 4.84. The van der Waals surface area contributed by atoms with Crippen LogP contribution in [0.3, 0.4) is 0 Å². The van der Waals surface area contributed by atoms with Crippen LogP contribution in [-0.4, -0.2) is 42.9 Å². The van der Waals surface area contributed by atoms with Crippen molar-refractivity contribution in [2.45, 2.75) is 38.8 Å². The summed E-state index contributed by atoms with van der Waals surface area (Å²) in [6.45, 7) is 3.33. The Labute approximate surface area is 187 Å². The van der Waals surface area contributed by atoms with E-state index in [1.807, 2.05) is 0 Å². The van der Waals surface area contributed by atoms with E-state index in [-0.39, 0.29) is 42.8 Å². The maximum atomic E-state index is 15.1. The average molecular weight is 473 g/mol. The first kappa shape index (κ1) is 24.6. The number of methoxy groups -OCH3 is 1. The summed E-state index contributed by atoms with van der Waals surface area (Å²) >= 11 is 0. The Balaban J connectivity index is 2.07. The maximum absolute atomic E-state index is 15.1. The van der Waals surface area contributed by atoms with Gasteiger partial charge in [0.2, 0.25) is 6.17 Å². The van der Waals surface area contributed by atoms with E-state index >= 15 is 4.39 Å². The number of nitrogens with zero attached hydrogens (tertiary/aromatic N) is 2. The second kappa shape index (κ2) is 10.8. The Kier molecular flexibility index (Phi) is 8.03. The van der Waals surface area contributed by atoms with Gasteiger partial charge in [0.15, 0.2) is 6.29 Å². The first-order chi connectivity index (χ1) is 15.8. The Morgan fingerprint density at radius 1 is 1.21 bits per heavy atom. The van der Waals surface area contributed by atoms with Crippen molar-refractivity contribution >= 4 is 11.8 Å². The fraction of sp³-hybridized carbons (Fsp3) is 0.476. The second-order valence-corrected chi connectivity index (χ2v) is 6.96. The van der Waals surface area contributed by atoms with Gasteiger partial charge in [0, 0.05) is 5.56 Å². The summed E-state index contributed by atoms with van der Waals surface area (Å²) < 4.78 is 76.7. The minimum atomic E-state index is -3.00. The lowest BCUT2D eigenvalue weighted by Crippen LogP contribution is -2.21. The number of ether oxygens (including phenoxy) is 4. The molecule has 1 N–H and O–H groups in total. The molecule has 2 heterocycles. The van der Waals surface area contributed by atoms with Crippen LogP contribution in [0.1, 0.15) is 61.2 Å². The monoisotopic (exact) mass is 473 g/mol. The van der Waals surface area contributed by atoms with Gasteiger partial charge in [0.25, 0.3) is 6.43 Å². The molecule has 1 saturated heterocycles. The van der Waals surface area contributed by atoms with Crippen molar-refractivity contribution in [3.8, 4) is 6.01 Å². The number of anilines is 1. The molecule has 33 heavy (non-hydrogen) atoms. The zero-order valence-corrected chi connectivity index (χ0v) is 18.1. The highest BCUT2D eigenvalue weighted by atomic mass is 19.3. The van der Waals surface area contributed by atoms with Gasteiger partial charge in [-0.2, -0.15) is 9.97 Å². The van der Waals surface area contributed by atoms with Crippen LogP contribution < -0.4 is 10.1 Å². The van der Waals surface area contributed by atoms with Gasteiger partial charge in [0.1, 0.15) is 17.3 Å². The standard InChI is InChI=1S/C21H23F4N3O5/c1-4-31-19(29)15(23)16-13(20-32-8-9-33-20)18(28-21(27-16)30-3)26-10(2)11-6-5-7-12(14(11)22)17(24)25/h5-7,10,15,17,20H,4,8-9H2,1-3H3,(H,26,27,28)/t10-,15?/m1/s1. The molecule has 1 aromatic carbocycles. The smallest absolute Gasteiger partial charge is 0.347 e. The Morgan fingerprint density at radius 2 is 1.88 bits per heavy atom. The molecule has 8 nitrogen and oxygen atoms in total. The number of halogens is 4. The second-order valence-electron chi connectivity index (χ2n) is 6.96. The molecule has 1 aliphatic rings. The molecule has 0 radical (unpaired) electrons. The van der Waals surface area contributed by atoms with Crippen LogP contribution in [0.15, 0.2) is 18.2 Å². The van der Waals surface area contributed by atoms with Crippen LogP contribution in [0.2, 0.25) is 0 Å². The molecular weight excluding hydrogens is 450 g/mol. The molecule has 0 aliphatic carbocycles. The van der Waals surface area contributed by atoms with E-state index in [1.54, 1.807) is 0 Å². The van der Waals surface area contributed by atoms with E-state index in [0.29, 0.717) is 0 Å². The Hall–Kier alpha value is -2.99. The highest BCUT2D eigenvalue weighted by molar-refractivity contribution is 5.77. The molecule has 12 heteroatoms. The molecule has 0 spiro atoms. The van der Waals surface area contributed by atoms with Gasteiger partial charge < -0.3 is 24.3 Å². The van der Waals surface area contributed by atoms with Crippen LogP contribution in [-0.2, 0) is 19.0 Å². The fourth-order valence-corrected chi connectivity index (χ4v) is 3.30. The minimum Gasteiger partial charge on any atom is -0.467 e. The van der Waals surface area contributed by atoms with Crippen molar-refractivity contribution in [3.05, 3.63) is 46.4 Å². The van der Waals surface area contributed by atoms with Gasteiger partial charge in [0.05, 0.1) is 44.1 Å². The number of hydrogen-bond acceptors (Lipinski definition) is 8. The molecule has 1 aliphatic heterocycles. The van der Waals surface area contributed by atoms with Gasteiger partial charge >= 0.3 is 12.0 Å². The lowest BCUT2D eigenvalue weighted by molar-refractivity contribution is -0.149. The Bertz CT molecular complexity index is 989. The predicted octanol–water partition coefficient (Wildman–Crippen LogP) is 4.35. The molecule has 2 atom stereocenters. The van der Waals surface area contributed by atoms with Crippen molar-refractivity contribution in [1.82, 2.24) is 9.97 Å². The third-order valence-corrected chi connectivity index (χ3v) is 4.84. The van der Waals surface area contributed by atoms with Crippen LogP contribution >= 0.6 is 0 Å². The van der Waals surface area contributed by atoms with Crippen LogP contribution in [0, 0.1) is 5.82 Å². The van der Waals surface area contributed by atoms with Crippen molar-refractivity contribution in [3.63, 3.8) is 0 Å². The molecule has 1 fully saturated rings. The van der Waals surface area contributed by atoms with E-state index in [4.69, 9.17) is 18.9 Å². The molecule has 1 unspecified atom stereocenters. The van der Waals surface area contributed by atoms with E-state index in [2.05, 4.69) is 15.3 Å². The normalized spacial score (nSPS) is 16.0. The van der Waals surface area contributed by atoms with Gasteiger partial charge in [-0.15, -0.1) is 0 Å². The number of aromatic nitrogens is 2. The molecule has 3 rings (SSSR count). The highest BCUT2D eigenvalue weighted by Crippen LogP contribution is 2.38. The summed E-state index contributed by atoms with van der Waals surface area (Å²) in [6, 6.07) is 2.41. The largest absolute Gasteiger partial charge is 0.467 e. The number of carbonyl (C=O) groups is 1. The molecule has 0 saturated carbocycles. The number of carbonyl (C=O) groups excluding carboxylic acids is 1. The summed E-state index contributed by atoms with van der Waals surface area (Å²) in [5.74, 6) is -2.35. The van der Waals surface area contributed by atoms with Crippen LogP contribution in [0.25, 0.3) is 0 Å². The van der Waals surface area contributed by atoms with Gasteiger partial charge in [-0.05, 0) is 13.8 Å². The van der Waals surface area contributed by atoms with Crippen LogP contribution in [0.4, 0.5) is 23.4 Å². The van der Waals surface area contributed by atoms with Crippen molar-refractivity contribution < 1.29 is 41.3 Å². The highest BCUT2D eigenvalue weighted by Gasteiger charge is 2.35. The number of nitrogens with one attached hydrogen (secondary N) is 1. The molecular formula is C21H23F4N3O5. The Morgan fingerprint density at radius 3 is 2.48 bits per heavy atom. The van der Waals surface area contributed by atoms with E-state index < -0.39 is 48.0 Å². The lowest BCUT2D eigenvalue weighted by atomic mass is 10.0. The fourth-order valence-electron chi connectivity index (χ4n) is 3.30. The van der Waals surface area contributed by atoms with Gasteiger partial charge in [-0.3, -0.25) is 0 Å². The molecule has 0 amide bonds. The summed E-state index contributed by atoms with van der Waals surface area (Å²) in [4.78, 5) is 20.2. The summed E-state index contributed by atoms with van der Waals surface area (Å²) in [5, 5.41) is 2.86. The van der Waals surface area contributed by atoms with E-state index in [9.17, 15) is 18.0 Å². The summed E-state index contributed by atoms with van der Waals surface area (Å²) in [7, 11) is 1.23. The molecule has 0 bridgehead atoms. The SMILES string of the molecule is CCOC(=O)C(F)c1nc(OC)nc(N[C@H](C)c2cccc(C(F)F)c2F)c1C1OCCO1. The van der Waals surface area contributed by atoms with Crippen LogP contribution in [0.5, 0.6) is 6.01 Å². The zero-order chi connectivity index (χ0) is 24.1. The minimum absolute atomic E-state index is 0.0499. The molecule has 1 aromatic heterocycles. The van der Waals surface area contributed by atoms with E-state index in [1.165, 1.54) is 33.1 Å². The number of rotatable bonds is 9. The summed E-state index contributed by atoms with van der Waals surface area (Å²) in [6.07, 6.45) is -6.46. The van der Waals surface area contributed by atoms with Crippen molar-refractivity contribution in [2.75, 3.05) is 32.2 Å². The van der Waals surface area contributed by atoms with Crippen molar-refractivity contribution in [2.24, 2.45) is 0 Å². The third kappa shape index (κ3) is 5.33. The topological polar surface area (TPSA) is 91.8 Å². The quantitative estimate of drug-likeness (QED) is 0.425. The number of hydrogen-bond donors (Lipinski definition) is 1. The predicted molar refractivity (Wildman–Crippen MR) is 107 cm³/mol. The van der Waals surface area contributed by atoms with Gasteiger partial charge in [-0.25, -0.2) is 22.4 Å². The number of benzene rings is 1. The maximum Gasteiger partial charge on any atom is 0.347 e. The number of esters is 1. The van der Waals surface area contributed by atoms with Gasteiger partial charge in [-0.1, -0.05) is 18.2 Å². The molecule has 180 valence electrons. The van der Waals surface area contributed by atoms with E-state index in [0.717, 1.165) is 6.07 Å². The first-order valence-corrected chi connectivity index (χ1v) is 10.1. The first-order valence-electron chi connectivity index (χ1n) is 10.1. The number of alkyl halides is 3. The lowest BCUT2D eigenvalue weighted by Gasteiger charge is -2.23.